The largest absolute Gasteiger partial charge is 0.438 e. The summed E-state index contributed by atoms with van der Waals surface area (Å²) >= 11 is 9.31. The van der Waals surface area contributed by atoms with E-state index in [2.05, 4.69) is 20.9 Å². The predicted molar refractivity (Wildman–Crippen MR) is 81.0 cm³/mol. The number of rotatable bonds is 4. The molecule has 2 rings (SSSR count). The molecule has 3 nitrogen and oxygen atoms in total. The van der Waals surface area contributed by atoms with Gasteiger partial charge >= 0.3 is 0 Å². The van der Waals surface area contributed by atoms with Gasteiger partial charge in [-0.1, -0.05) is 11.6 Å². The van der Waals surface area contributed by atoms with Gasteiger partial charge in [0.15, 0.2) is 0 Å². The summed E-state index contributed by atoms with van der Waals surface area (Å²) in [6.45, 7) is 2.58. The fourth-order valence-electron chi connectivity index (χ4n) is 1.69. The van der Waals surface area contributed by atoms with E-state index in [1.807, 2.05) is 13.0 Å². The first-order valence-corrected chi connectivity index (χ1v) is 7.05. The Morgan fingerprint density at radius 3 is 2.79 bits per heavy atom. The Balaban J connectivity index is 2.23. The fraction of sp³-hybridized carbons (Fsp3) is 0.214. The number of pyridine rings is 1. The Morgan fingerprint density at radius 2 is 2.16 bits per heavy atom. The van der Waals surface area contributed by atoms with Gasteiger partial charge < -0.3 is 10.5 Å². The number of hydrogen-bond acceptors (Lipinski definition) is 3. The molecular formula is C14H14BrClN2O. The van der Waals surface area contributed by atoms with Crippen LogP contribution in [0.25, 0.3) is 0 Å². The van der Waals surface area contributed by atoms with Gasteiger partial charge in [0, 0.05) is 16.8 Å². The van der Waals surface area contributed by atoms with Crippen molar-refractivity contribution >= 4 is 27.5 Å². The summed E-state index contributed by atoms with van der Waals surface area (Å²) in [6.07, 6.45) is 2.61. The van der Waals surface area contributed by atoms with E-state index in [1.54, 1.807) is 24.4 Å². The Labute approximate surface area is 125 Å². The molecule has 0 amide bonds. The highest BCUT2D eigenvalue weighted by Crippen LogP contribution is 2.32. The van der Waals surface area contributed by atoms with Crippen molar-refractivity contribution in [3.8, 4) is 11.6 Å². The van der Waals surface area contributed by atoms with E-state index in [9.17, 15) is 0 Å². The zero-order chi connectivity index (χ0) is 13.8. The minimum Gasteiger partial charge on any atom is -0.438 e. The van der Waals surface area contributed by atoms with Crippen LogP contribution in [0, 0.1) is 6.92 Å². The number of aryl methyl sites for hydroxylation is 1. The number of halogens is 2. The van der Waals surface area contributed by atoms with E-state index in [0.717, 1.165) is 22.0 Å². The number of ether oxygens (including phenoxy) is 1. The molecule has 0 unspecified atom stereocenters. The van der Waals surface area contributed by atoms with Crippen molar-refractivity contribution < 1.29 is 4.74 Å². The van der Waals surface area contributed by atoms with Gasteiger partial charge in [-0.2, -0.15) is 0 Å². The second kappa shape index (κ2) is 6.37. The van der Waals surface area contributed by atoms with Crippen molar-refractivity contribution in [2.45, 2.75) is 13.3 Å². The zero-order valence-electron chi connectivity index (χ0n) is 10.5. The Bertz CT molecular complexity index is 590. The lowest BCUT2D eigenvalue weighted by atomic mass is 10.1. The van der Waals surface area contributed by atoms with Gasteiger partial charge in [-0.3, -0.25) is 0 Å². The molecule has 0 bridgehead atoms. The SMILES string of the molecule is Cc1cc(CCN)cnc1Oc1ccc(Cl)cc1Br. The van der Waals surface area contributed by atoms with E-state index in [4.69, 9.17) is 22.1 Å². The highest BCUT2D eigenvalue weighted by Gasteiger charge is 2.07. The lowest BCUT2D eigenvalue weighted by Crippen LogP contribution is -2.03. The van der Waals surface area contributed by atoms with Gasteiger partial charge in [-0.05, 0) is 65.6 Å². The first-order chi connectivity index (χ1) is 9.10. The molecule has 1 aromatic heterocycles. The van der Waals surface area contributed by atoms with Gasteiger partial charge in [0.2, 0.25) is 5.88 Å². The second-order valence-electron chi connectivity index (χ2n) is 4.18. The Morgan fingerprint density at radius 1 is 1.37 bits per heavy atom. The maximum absolute atomic E-state index is 5.89. The summed E-state index contributed by atoms with van der Waals surface area (Å²) in [5, 5.41) is 0.655. The van der Waals surface area contributed by atoms with Crippen LogP contribution in [0.15, 0.2) is 34.9 Å². The van der Waals surface area contributed by atoms with Crippen LogP contribution in [0.4, 0.5) is 0 Å². The molecule has 2 aromatic rings. The fourth-order valence-corrected chi connectivity index (χ4v) is 2.46. The summed E-state index contributed by atoms with van der Waals surface area (Å²) in [5.41, 5.74) is 7.62. The average molecular weight is 342 g/mol. The summed E-state index contributed by atoms with van der Waals surface area (Å²) in [5.74, 6) is 1.27. The molecule has 0 saturated carbocycles. The van der Waals surface area contributed by atoms with Crippen molar-refractivity contribution in [1.29, 1.82) is 0 Å². The monoisotopic (exact) mass is 340 g/mol. The zero-order valence-corrected chi connectivity index (χ0v) is 12.8. The topological polar surface area (TPSA) is 48.1 Å². The van der Waals surface area contributed by atoms with Crippen molar-refractivity contribution in [1.82, 2.24) is 4.98 Å². The maximum Gasteiger partial charge on any atom is 0.222 e. The molecule has 100 valence electrons. The van der Waals surface area contributed by atoms with Crippen molar-refractivity contribution in [3.05, 3.63) is 51.1 Å². The molecule has 0 fully saturated rings. The summed E-state index contributed by atoms with van der Waals surface area (Å²) in [4.78, 5) is 4.32. The first-order valence-electron chi connectivity index (χ1n) is 5.88. The minimum atomic E-state index is 0.587. The normalized spacial score (nSPS) is 10.5. The van der Waals surface area contributed by atoms with E-state index < -0.39 is 0 Å². The first kappa shape index (κ1) is 14.3. The summed E-state index contributed by atoms with van der Waals surface area (Å²) in [6, 6.07) is 7.41. The molecule has 19 heavy (non-hydrogen) atoms. The second-order valence-corrected chi connectivity index (χ2v) is 5.47. The molecule has 1 aromatic carbocycles. The van der Waals surface area contributed by atoms with E-state index in [1.165, 1.54) is 0 Å². The van der Waals surface area contributed by atoms with Crippen molar-refractivity contribution in [2.75, 3.05) is 6.54 Å². The number of nitrogens with zero attached hydrogens (tertiary/aromatic N) is 1. The maximum atomic E-state index is 5.89. The molecule has 0 aliphatic carbocycles. The molecule has 0 spiro atoms. The quantitative estimate of drug-likeness (QED) is 0.911. The van der Waals surface area contributed by atoms with Gasteiger partial charge in [0.1, 0.15) is 5.75 Å². The van der Waals surface area contributed by atoms with E-state index in [0.29, 0.717) is 23.2 Å². The van der Waals surface area contributed by atoms with Crippen LogP contribution >= 0.6 is 27.5 Å². The summed E-state index contributed by atoms with van der Waals surface area (Å²) < 4.78 is 6.58. The Hall–Kier alpha value is -1.10. The molecule has 1 heterocycles. The number of aromatic nitrogens is 1. The molecule has 0 atom stereocenters. The lowest BCUT2D eigenvalue weighted by molar-refractivity contribution is 0.455. The third kappa shape index (κ3) is 3.69. The van der Waals surface area contributed by atoms with Crippen molar-refractivity contribution in [3.63, 3.8) is 0 Å². The van der Waals surface area contributed by atoms with Crippen LogP contribution < -0.4 is 10.5 Å². The number of nitrogens with two attached hydrogens (primary N) is 1. The number of benzene rings is 1. The highest BCUT2D eigenvalue weighted by atomic mass is 79.9. The third-order valence-corrected chi connectivity index (χ3v) is 3.48. The predicted octanol–water partition coefficient (Wildman–Crippen LogP) is 4.10. The minimum absolute atomic E-state index is 0.587. The molecule has 0 saturated heterocycles. The third-order valence-electron chi connectivity index (χ3n) is 2.62. The molecule has 0 aliphatic rings. The highest BCUT2D eigenvalue weighted by molar-refractivity contribution is 9.10. The van der Waals surface area contributed by atoms with Gasteiger partial charge in [-0.25, -0.2) is 4.98 Å². The Kier molecular flexibility index (Phi) is 4.80. The van der Waals surface area contributed by atoms with E-state index >= 15 is 0 Å². The van der Waals surface area contributed by atoms with E-state index in [-0.39, 0.29) is 0 Å². The van der Waals surface area contributed by atoms with Crippen LogP contribution in [-0.2, 0) is 6.42 Å². The molecule has 2 N–H and O–H groups in total. The standard InChI is InChI=1S/C14H14BrClN2O/c1-9-6-10(4-5-17)8-18-14(9)19-13-3-2-11(16)7-12(13)15/h2-3,6-8H,4-5,17H2,1H3. The van der Waals surface area contributed by atoms with Crippen LogP contribution in [0.1, 0.15) is 11.1 Å². The van der Waals surface area contributed by atoms with Crippen LogP contribution in [0.3, 0.4) is 0 Å². The van der Waals surface area contributed by atoms with Gasteiger partial charge in [0.05, 0.1) is 4.47 Å². The molecule has 0 aliphatic heterocycles. The van der Waals surface area contributed by atoms with Gasteiger partial charge in [0.25, 0.3) is 0 Å². The smallest absolute Gasteiger partial charge is 0.222 e. The van der Waals surface area contributed by atoms with Crippen LogP contribution in [0.5, 0.6) is 11.6 Å². The lowest BCUT2D eigenvalue weighted by Gasteiger charge is -2.10. The summed E-state index contributed by atoms with van der Waals surface area (Å²) in [7, 11) is 0. The number of hydrogen-bond donors (Lipinski definition) is 1. The van der Waals surface area contributed by atoms with Crippen LogP contribution in [-0.4, -0.2) is 11.5 Å². The van der Waals surface area contributed by atoms with Crippen LogP contribution in [0.2, 0.25) is 5.02 Å². The average Bonchev–Trinajstić information content (AvgIpc) is 2.36. The van der Waals surface area contributed by atoms with Crippen molar-refractivity contribution in [2.24, 2.45) is 5.73 Å². The molecular weight excluding hydrogens is 328 g/mol. The van der Waals surface area contributed by atoms with Gasteiger partial charge in [-0.15, -0.1) is 0 Å². The molecule has 5 heteroatoms. The molecule has 0 radical (unpaired) electrons.